The zero-order valence-corrected chi connectivity index (χ0v) is 11.2. The number of nitrogens with zero attached hydrogens (tertiary/aromatic N) is 1. The third kappa shape index (κ3) is 3.73. The van der Waals surface area contributed by atoms with Gasteiger partial charge in [-0.1, -0.05) is 25.4 Å². The van der Waals surface area contributed by atoms with Crippen LogP contribution >= 0.6 is 11.6 Å². The summed E-state index contributed by atoms with van der Waals surface area (Å²) in [6, 6.07) is 0.00596. The van der Waals surface area contributed by atoms with Crippen molar-refractivity contribution in [3.8, 4) is 0 Å². The normalized spacial score (nSPS) is 12.5. The van der Waals surface area contributed by atoms with E-state index in [9.17, 15) is 14.4 Å². The van der Waals surface area contributed by atoms with Gasteiger partial charge in [0.25, 0.3) is 5.56 Å². The van der Waals surface area contributed by atoms with Crippen molar-refractivity contribution < 1.29 is 4.79 Å². The van der Waals surface area contributed by atoms with Crippen LogP contribution in [-0.4, -0.2) is 21.5 Å². The molecule has 100 valence electrons. The van der Waals surface area contributed by atoms with Gasteiger partial charge in [0.05, 0.1) is 0 Å². The number of rotatable bonds is 4. The molecule has 2 N–H and O–H groups in total. The van der Waals surface area contributed by atoms with Gasteiger partial charge in [-0.2, -0.15) is 0 Å². The zero-order chi connectivity index (χ0) is 13.9. The highest BCUT2D eigenvalue weighted by atomic mass is 35.5. The van der Waals surface area contributed by atoms with Crippen molar-refractivity contribution in [2.75, 3.05) is 0 Å². The molecule has 0 spiro atoms. The van der Waals surface area contributed by atoms with E-state index < -0.39 is 11.2 Å². The van der Waals surface area contributed by atoms with Crippen LogP contribution in [-0.2, 0) is 11.3 Å². The minimum absolute atomic E-state index is 0.00596. The van der Waals surface area contributed by atoms with Crippen LogP contribution in [0.4, 0.5) is 0 Å². The lowest BCUT2D eigenvalue weighted by Gasteiger charge is -2.17. The number of halogens is 1. The summed E-state index contributed by atoms with van der Waals surface area (Å²) in [7, 11) is 0. The first-order valence-electron chi connectivity index (χ1n) is 5.60. The molecule has 0 radical (unpaired) electrons. The Morgan fingerprint density at radius 1 is 1.44 bits per heavy atom. The third-order valence-electron chi connectivity index (χ3n) is 2.67. The van der Waals surface area contributed by atoms with Crippen molar-refractivity contribution in [1.29, 1.82) is 0 Å². The fourth-order valence-electron chi connectivity index (χ4n) is 1.22. The van der Waals surface area contributed by atoms with Gasteiger partial charge in [0.15, 0.2) is 0 Å². The zero-order valence-electron chi connectivity index (χ0n) is 10.5. The Balaban J connectivity index is 2.80. The molecule has 1 amide bonds. The number of hydrogen-bond donors (Lipinski definition) is 2. The molecule has 0 aliphatic rings. The van der Waals surface area contributed by atoms with E-state index in [0.29, 0.717) is 5.92 Å². The second-order valence-electron chi connectivity index (χ2n) is 4.46. The maximum Gasteiger partial charge on any atom is 0.328 e. The van der Waals surface area contributed by atoms with E-state index in [-0.39, 0.29) is 23.5 Å². The number of aromatic amines is 1. The Kier molecular flexibility index (Phi) is 4.72. The van der Waals surface area contributed by atoms with Crippen LogP contribution < -0.4 is 16.6 Å². The van der Waals surface area contributed by atoms with E-state index >= 15 is 0 Å². The van der Waals surface area contributed by atoms with Crippen LogP contribution in [0.2, 0.25) is 5.02 Å². The van der Waals surface area contributed by atoms with Crippen LogP contribution in [0.3, 0.4) is 0 Å². The highest BCUT2D eigenvalue weighted by Crippen LogP contribution is 2.00. The van der Waals surface area contributed by atoms with Crippen LogP contribution in [0.5, 0.6) is 0 Å². The average Bonchev–Trinajstić information content (AvgIpc) is 2.25. The Hall–Kier alpha value is -1.56. The Morgan fingerprint density at radius 2 is 2.06 bits per heavy atom. The topological polar surface area (TPSA) is 84.0 Å². The molecule has 1 aromatic rings. The Morgan fingerprint density at radius 3 is 2.61 bits per heavy atom. The molecule has 7 heteroatoms. The Bertz CT molecular complexity index is 547. The first-order chi connectivity index (χ1) is 8.31. The minimum Gasteiger partial charge on any atom is -0.352 e. The second kappa shape index (κ2) is 5.86. The quantitative estimate of drug-likeness (QED) is 0.830. The molecule has 1 heterocycles. The van der Waals surface area contributed by atoms with Gasteiger partial charge in [-0.3, -0.25) is 19.1 Å². The highest BCUT2D eigenvalue weighted by Gasteiger charge is 2.12. The molecule has 6 nitrogen and oxygen atoms in total. The van der Waals surface area contributed by atoms with Gasteiger partial charge in [0, 0.05) is 12.2 Å². The van der Waals surface area contributed by atoms with Crippen molar-refractivity contribution in [2.24, 2.45) is 5.92 Å². The van der Waals surface area contributed by atoms with E-state index in [1.54, 1.807) is 0 Å². The molecule has 1 rings (SSSR count). The molecule has 0 aromatic carbocycles. The summed E-state index contributed by atoms with van der Waals surface area (Å²) in [4.78, 5) is 36.2. The van der Waals surface area contributed by atoms with Gasteiger partial charge < -0.3 is 5.32 Å². The summed E-state index contributed by atoms with van der Waals surface area (Å²) in [5.41, 5.74) is -1.31. The molecular weight excluding hydrogens is 258 g/mol. The molecule has 1 atom stereocenters. The van der Waals surface area contributed by atoms with E-state index in [1.807, 2.05) is 25.8 Å². The van der Waals surface area contributed by atoms with Gasteiger partial charge in [-0.15, -0.1) is 0 Å². The molecule has 0 aliphatic heterocycles. The fourth-order valence-corrected chi connectivity index (χ4v) is 1.39. The largest absolute Gasteiger partial charge is 0.352 e. The van der Waals surface area contributed by atoms with Gasteiger partial charge >= 0.3 is 5.69 Å². The molecule has 1 aromatic heterocycles. The maximum absolute atomic E-state index is 11.7. The van der Waals surface area contributed by atoms with Crippen LogP contribution in [0.25, 0.3) is 0 Å². The number of hydrogen-bond acceptors (Lipinski definition) is 3. The van der Waals surface area contributed by atoms with Crippen molar-refractivity contribution in [1.82, 2.24) is 14.9 Å². The number of carbonyl (C=O) groups is 1. The molecule has 0 saturated carbocycles. The lowest BCUT2D eigenvalue weighted by molar-refractivity contribution is -0.122. The molecule has 0 fully saturated rings. The van der Waals surface area contributed by atoms with Crippen LogP contribution in [0.1, 0.15) is 20.8 Å². The summed E-state index contributed by atoms with van der Waals surface area (Å²) in [5.74, 6) is -0.00810. The smallest absolute Gasteiger partial charge is 0.328 e. The predicted molar refractivity (Wildman–Crippen MR) is 68.8 cm³/mol. The molecule has 0 bridgehead atoms. The third-order valence-corrected chi connectivity index (χ3v) is 2.94. The van der Waals surface area contributed by atoms with Crippen molar-refractivity contribution in [3.05, 3.63) is 32.1 Å². The number of H-pyrrole nitrogens is 1. The summed E-state index contributed by atoms with van der Waals surface area (Å²) < 4.78 is 1.06. The monoisotopic (exact) mass is 273 g/mol. The summed E-state index contributed by atoms with van der Waals surface area (Å²) in [6.07, 6.45) is 1.16. The van der Waals surface area contributed by atoms with Crippen molar-refractivity contribution in [2.45, 2.75) is 33.4 Å². The number of aromatic nitrogens is 2. The van der Waals surface area contributed by atoms with Crippen LogP contribution in [0, 0.1) is 5.92 Å². The van der Waals surface area contributed by atoms with Gasteiger partial charge in [-0.25, -0.2) is 4.79 Å². The standard InChI is InChI=1S/C11H16ClN3O3/c1-6(2)7(3)13-9(16)5-15-4-8(12)10(17)14-11(15)18/h4,6-7H,5H2,1-3H3,(H,13,16)(H,14,17,18). The van der Waals surface area contributed by atoms with Crippen molar-refractivity contribution in [3.63, 3.8) is 0 Å². The summed E-state index contributed by atoms with van der Waals surface area (Å²) in [5, 5.41) is 2.63. The predicted octanol–water partition coefficient (Wildman–Crippen LogP) is 0.351. The van der Waals surface area contributed by atoms with Crippen molar-refractivity contribution >= 4 is 17.5 Å². The molecular formula is C11H16ClN3O3. The molecule has 1 unspecified atom stereocenters. The number of carbonyl (C=O) groups excluding carboxylic acids is 1. The number of amides is 1. The molecule has 0 aliphatic carbocycles. The second-order valence-corrected chi connectivity index (χ2v) is 4.87. The van der Waals surface area contributed by atoms with E-state index in [1.165, 1.54) is 0 Å². The summed E-state index contributed by atoms with van der Waals surface area (Å²) in [6.45, 7) is 5.67. The lowest BCUT2D eigenvalue weighted by atomic mass is 10.1. The summed E-state index contributed by atoms with van der Waals surface area (Å²) >= 11 is 5.59. The molecule has 0 saturated heterocycles. The number of nitrogens with one attached hydrogen (secondary N) is 2. The average molecular weight is 274 g/mol. The highest BCUT2D eigenvalue weighted by molar-refractivity contribution is 6.30. The van der Waals surface area contributed by atoms with Gasteiger partial charge in [0.2, 0.25) is 5.91 Å². The fraction of sp³-hybridized carbons (Fsp3) is 0.545. The minimum atomic E-state index is -0.658. The van der Waals surface area contributed by atoms with E-state index in [2.05, 4.69) is 5.32 Å². The maximum atomic E-state index is 11.7. The lowest BCUT2D eigenvalue weighted by Crippen LogP contribution is -2.41. The van der Waals surface area contributed by atoms with E-state index in [4.69, 9.17) is 11.6 Å². The van der Waals surface area contributed by atoms with Crippen LogP contribution in [0.15, 0.2) is 15.8 Å². The first-order valence-corrected chi connectivity index (χ1v) is 5.97. The first kappa shape index (κ1) is 14.5. The van der Waals surface area contributed by atoms with Gasteiger partial charge in [-0.05, 0) is 12.8 Å². The molecule has 18 heavy (non-hydrogen) atoms. The SMILES string of the molecule is CC(C)C(C)NC(=O)Cn1cc(Cl)c(=O)[nH]c1=O. The Labute approximate surface area is 109 Å². The van der Waals surface area contributed by atoms with E-state index in [0.717, 1.165) is 10.8 Å². The van der Waals surface area contributed by atoms with Gasteiger partial charge in [0.1, 0.15) is 11.6 Å².